The lowest BCUT2D eigenvalue weighted by atomic mass is 9.87. The molecule has 0 aliphatic carbocycles. The average molecular weight is 391 g/mol. The lowest BCUT2D eigenvalue weighted by Gasteiger charge is -2.30. The Bertz CT molecular complexity index is 1040. The number of hydrogen-bond acceptors (Lipinski definition) is 5. The summed E-state index contributed by atoms with van der Waals surface area (Å²) in [6.45, 7) is 0.961. The smallest absolute Gasteiger partial charge is 0.432 e. The third kappa shape index (κ3) is 3.27. The number of benzene rings is 2. The summed E-state index contributed by atoms with van der Waals surface area (Å²) in [5.74, 6) is -2.43. The number of alkyl halides is 3. The zero-order valence-corrected chi connectivity index (χ0v) is 14.7. The van der Waals surface area contributed by atoms with Gasteiger partial charge in [-0.15, -0.1) is 0 Å². The van der Waals surface area contributed by atoms with Crippen molar-refractivity contribution in [2.45, 2.75) is 18.7 Å². The number of halogens is 3. The van der Waals surface area contributed by atoms with Gasteiger partial charge in [0.05, 0.1) is 17.8 Å². The number of para-hydroxylation sites is 1. The van der Waals surface area contributed by atoms with Crippen molar-refractivity contribution >= 4 is 16.9 Å². The summed E-state index contributed by atoms with van der Waals surface area (Å²) in [7, 11) is 0. The molecule has 0 amide bonds. The van der Waals surface area contributed by atoms with Crippen molar-refractivity contribution < 1.29 is 32.9 Å². The van der Waals surface area contributed by atoms with Crippen LogP contribution < -0.4 is 0 Å². The molecule has 5 nitrogen and oxygen atoms in total. The van der Waals surface area contributed by atoms with E-state index in [1.807, 2.05) is 0 Å². The van der Waals surface area contributed by atoms with Crippen molar-refractivity contribution in [3.05, 3.63) is 60.2 Å². The van der Waals surface area contributed by atoms with Crippen molar-refractivity contribution in [3.8, 4) is 17.0 Å². The molecular formula is C20H16F3NO4. The maximum absolute atomic E-state index is 13.8. The van der Waals surface area contributed by atoms with Crippen LogP contribution in [0.3, 0.4) is 0 Å². The monoisotopic (exact) mass is 391 g/mol. The fourth-order valence-electron chi connectivity index (χ4n) is 2.88. The number of aliphatic hydroxyl groups is 1. The summed E-state index contributed by atoms with van der Waals surface area (Å²) in [5, 5.41) is 21.0. The number of carbonyl (C=O) groups excluding carboxylic acids is 1. The summed E-state index contributed by atoms with van der Waals surface area (Å²) in [5.41, 5.74) is -4.37. The van der Waals surface area contributed by atoms with Crippen molar-refractivity contribution in [1.82, 2.24) is 4.98 Å². The van der Waals surface area contributed by atoms with Gasteiger partial charge in [-0.05, 0) is 37.3 Å². The highest BCUT2D eigenvalue weighted by atomic mass is 19.4. The lowest BCUT2D eigenvalue weighted by Crippen LogP contribution is -2.50. The average Bonchev–Trinajstić information content (AvgIpc) is 2.66. The molecule has 0 spiro atoms. The highest BCUT2D eigenvalue weighted by Gasteiger charge is 2.63. The Morgan fingerprint density at radius 3 is 2.50 bits per heavy atom. The number of aromatic nitrogens is 1. The van der Waals surface area contributed by atoms with Crippen molar-refractivity contribution in [1.29, 1.82) is 0 Å². The minimum Gasteiger partial charge on any atom is -0.508 e. The van der Waals surface area contributed by atoms with Gasteiger partial charge in [-0.25, -0.2) is 9.78 Å². The van der Waals surface area contributed by atoms with Crippen LogP contribution in [0.2, 0.25) is 0 Å². The van der Waals surface area contributed by atoms with Crippen molar-refractivity contribution in [2.24, 2.45) is 0 Å². The van der Waals surface area contributed by atoms with Crippen LogP contribution in [0, 0.1) is 0 Å². The summed E-state index contributed by atoms with van der Waals surface area (Å²) < 4.78 is 45.9. The molecule has 2 aromatic carbocycles. The molecule has 3 aromatic rings. The second-order valence-corrected chi connectivity index (χ2v) is 6.05. The van der Waals surface area contributed by atoms with Gasteiger partial charge in [-0.3, -0.25) is 0 Å². The Hall–Kier alpha value is -3.13. The molecule has 1 atom stereocenters. The Balaban J connectivity index is 2.28. The molecule has 0 fully saturated rings. The van der Waals surface area contributed by atoms with Gasteiger partial charge in [0.2, 0.25) is 0 Å². The Morgan fingerprint density at radius 1 is 1.11 bits per heavy atom. The second kappa shape index (κ2) is 7.12. The van der Waals surface area contributed by atoms with Crippen LogP contribution in [0.1, 0.15) is 12.5 Å². The maximum Gasteiger partial charge on any atom is 0.432 e. The van der Waals surface area contributed by atoms with E-state index in [2.05, 4.69) is 9.72 Å². The van der Waals surface area contributed by atoms with E-state index in [0.717, 1.165) is 17.5 Å². The van der Waals surface area contributed by atoms with Crippen molar-refractivity contribution in [3.63, 3.8) is 0 Å². The van der Waals surface area contributed by atoms with Gasteiger partial charge in [0.15, 0.2) is 0 Å². The van der Waals surface area contributed by atoms with Crippen LogP contribution in [0.25, 0.3) is 22.2 Å². The first-order valence-electron chi connectivity index (χ1n) is 8.34. The van der Waals surface area contributed by atoms with Crippen LogP contribution in [-0.2, 0) is 15.1 Å². The fourth-order valence-corrected chi connectivity index (χ4v) is 2.88. The van der Waals surface area contributed by atoms with Crippen LogP contribution in [0.15, 0.2) is 54.6 Å². The Labute approximate surface area is 158 Å². The molecule has 0 aliphatic rings. The number of pyridine rings is 1. The van der Waals surface area contributed by atoms with E-state index in [1.165, 1.54) is 13.0 Å². The topological polar surface area (TPSA) is 79.7 Å². The molecule has 0 aliphatic heterocycles. The summed E-state index contributed by atoms with van der Waals surface area (Å²) in [4.78, 5) is 16.4. The van der Waals surface area contributed by atoms with E-state index in [0.29, 0.717) is 11.6 Å². The Kier molecular flexibility index (Phi) is 4.99. The molecule has 146 valence electrons. The largest absolute Gasteiger partial charge is 0.508 e. The van der Waals surface area contributed by atoms with E-state index < -0.39 is 29.1 Å². The van der Waals surface area contributed by atoms with Gasteiger partial charge in [0.1, 0.15) is 5.75 Å². The van der Waals surface area contributed by atoms with Crippen molar-refractivity contribution in [2.75, 3.05) is 6.61 Å². The number of phenolic OH excluding ortho intramolecular Hbond substituents is 1. The molecule has 0 bridgehead atoms. The number of fused-ring (bicyclic) bond motifs is 1. The zero-order chi connectivity index (χ0) is 20.5. The number of ether oxygens (including phenoxy) is 1. The number of hydrogen-bond donors (Lipinski definition) is 2. The normalized spacial score (nSPS) is 13.9. The van der Waals surface area contributed by atoms with Gasteiger partial charge < -0.3 is 14.9 Å². The molecule has 1 aromatic heterocycles. The predicted octanol–water partition coefficient (Wildman–Crippen LogP) is 3.92. The van der Waals surface area contributed by atoms with Crippen LogP contribution in [-0.4, -0.2) is 33.9 Å². The van der Waals surface area contributed by atoms with Gasteiger partial charge >= 0.3 is 12.1 Å². The number of phenols is 1. The minimum atomic E-state index is -5.39. The Morgan fingerprint density at radius 2 is 1.82 bits per heavy atom. The minimum absolute atomic E-state index is 0.0978. The third-order valence-electron chi connectivity index (χ3n) is 4.25. The van der Waals surface area contributed by atoms with Crippen LogP contribution in [0.4, 0.5) is 13.2 Å². The van der Waals surface area contributed by atoms with E-state index >= 15 is 0 Å². The predicted molar refractivity (Wildman–Crippen MR) is 95.4 cm³/mol. The molecule has 2 N–H and O–H groups in total. The number of rotatable bonds is 4. The standard InChI is InChI=1S/C20H16F3NO4/c1-2-28-18(26)19(27,20(21,22)23)15-11-13(25)8-9-14(15)17-10-7-12-5-3-4-6-16(12)24-17/h3-11,25,27H,2H2,1H3. The fraction of sp³-hybridized carbons (Fsp3) is 0.200. The number of carbonyl (C=O) groups is 1. The first-order valence-corrected chi connectivity index (χ1v) is 8.34. The SMILES string of the molecule is CCOC(=O)C(O)(c1cc(O)ccc1-c1ccc2ccccc2n1)C(F)(F)F. The second-order valence-electron chi connectivity index (χ2n) is 6.05. The molecular weight excluding hydrogens is 375 g/mol. The molecule has 1 heterocycles. The highest BCUT2D eigenvalue weighted by molar-refractivity contribution is 5.87. The van der Waals surface area contributed by atoms with Gasteiger partial charge in [-0.2, -0.15) is 13.2 Å². The van der Waals surface area contributed by atoms with E-state index in [9.17, 15) is 28.2 Å². The van der Waals surface area contributed by atoms with Gasteiger partial charge in [-0.1, -0.05) is 24.3 Å². The van der Waals surface area contributed by atoms with E-state index in [1.54, 1.807) is 30.3 Å². The molecule has 1 unspecified atom stereocenters. The lowest BCUT2D eigenvalue weighted by molar-refractivity contribution is -0.267. The van der Waals surface area contributed by atoms with E-state index in [-0.39, 0.29) is 17.9 Å². The summed E-state index contributed by atoms with van der Waals surface area (Å²) in [6.07, 6.45) is -5.39. The molecule has 0 radical (unpaired) electrons. The molecule has 28 heavy (non-hydrogen) atoms. The van der Waals surface area contributed by atoms with Gasteiger partial charge in [0.25, 0.3) is 5.60 Å². The number of esters is 1. The number of nitrogens with zero attached hydrogens (tertiary/aromatic N) is 1. The molecule has 8 heteroatoms. The first-order chi connectivity index (χ1) is 13.2. The quantitative estimate of drug-likeness (QED) is 0.659. The van der Waals surface area contributed by atoms with Crippen LogP contribution in [0.5, 0.6) is 5.75 Å². The summed E-state index contributed by atoms with van der Waals surface area (Å²) in [6, 6.07) is 13.1. The highest BCUT2D eigenvalue weighted by Crippen LogP contribution is 2.45. The van der Waals surface area contributed by atoms with Gasteiger partial charge in [0, 0.05) is 16.5 Å². The molecule has 0 saturated heterocycles. The first kappa shape index (κ1) is 19.6. The molecule has 0 saturated carbocycles. The zero-order valence-electron chi connectivity index (χ0n) is 14.7. The van der Waals surface area contributed by atoms with Crippen LogP contribution >= 0.6 is 0 Å². The third-order valence-corrected chi connectivity index (χ3v) is 4.25. The maximum atomic E-state index is 13.8. The van der Waals surface area contributed by atoms with E-state index in [4.69, 9.17) is 0 Å². The number of aromatic hydroxyl groups is 1. The molecule has 3 rings (SSSR count). The summed E-state index contributed by atoms with van der Waals surface area (Å²) >= 11 is 0.